The monoisotopic (exact) mass is 402 g/mol. The Bertz CT molecular complexity index is 781. The van der Waals surface area contributed by atoms with Gasteiger partial charge in [0, 0.05) is 6.42 Å². The first-order valence-corrected chi connectivity index (χ1v) is 9.78. The van der Waals surface area contributed by atoms with Crippen LogP contribution in [-0.4, -0.2) is 57.5 Å². The highest BCUT2D eigenvalue weighted by molar-refractivity contribution is 5.84. The lowest BCUT2D eigenvalue weighted by Gasteiger charge is -2.31. The number of rotatable bonds is 8. The van der Waals surface area contributed by atoms with Crippen molar-refractivity contribution < 1.29 is 29.3 Å². The lowest BCUT2D eigenvalue weighted by atomic mass is 10.0. The number of carboxylic acid groups (broad SMARTS) is 2. The van der Waals surface area contributed by atoms with Gasteiger partial charge in [0.25, 0.3) is 0 Å². The number of fused-ring (bicyclic) bond motifs is 1. The largest absolute Gasteiger partial charge is 0.507 e. The lowest BCUT2D eigenvalue weighted by Crippen LogP contribution is -2.54. The first-order chi connectivity index (χ1) is 13.9. The van der Waals surface area contributed by atoms with Crippen molar-refractivity contribution in [2.24, 2.45) is 5.92 Å². The first kappa shape index (κ1) is 20.9. The van der Waals surface area contributed by atoms with Gasteiger partial charge in [0.05, 0.1) is 12.1 Å². The summed E-state index contributed by atoms with van der Waals surface area (Å²) in [7, 11) is 0. The van der Waals surface area contributed by atoms with Gasteiger partial charge in [-0.3, -0.25) is 19.8 Å². The molecule has 156 valence electrons. The highest BCUT2D eigenvalue weighted by atomic mass is 16.7. The molecule has 0 aromatic heterocycles. The predicted octanol–water partition coefficient (Wildman–Crippen LogP) is 2.25. The van der Waals surface area contributed by atoms with E-state index in [-0.39, 0.29) is 17.9 Å². The summed E-state index contributed by atoms with van der Waals surface area (Å²) in [5.74, 6) is -1.26. The Morgan fingerprint density at radius 1 is 1.24 bits per heavy atom. The number of ether oxygens (including phenoxy) is 1. The van der Waals surface area contributed by atoms with Crippen LogP contribution >= 0.6 is 0 Å². The molecule has 3 N–H and O–H groups in total. The van der Waals surface area contributed by atoms with Gasteiger partial charge in [-0.15, -0.1) is 0 Å². The van der Waals surface area contributed by atoms with Crippen LogP contribution in [-0.2, 0) is 20.7 Å². The van der Waals surface area contributed by atoms with Crippen molar-refractivity contribution in [3.8, 4) is 0 Å². The van der Waals surface area contributed by atoms with Crippen LogP contribution in [0.1, 0.15) is 31.7 Å². The smallest absolute Gasteiger partial charge is 0.480 e. The number of allylic oxidation sites excluding steroid dienone is 1. The fourth-order valence-corrected chi connectivity index (χ4v) is 4.15. The predicted molar refractivity (Wildman–Crippen MR) is 104 cm³/mol. The average Bonchev–Trinajstić information content (AvgIpc) is 3.25. The van der Waals surface area contributed by atoms with E-state index >= 15 is 0 Å². The molecular weight excluding hydrogens is 376 g/mol. The highest BCUT2D eigenvalue weighted by Crippen LogP contribution is 2.38. The van der Waals surface area contributed by atoms with Gasteiger partial charge in [0.1, 0.15) is 6.04 Å². The molecule has 0 radical (unpaired) electrons. The Hall–Kier alpha value is -2.87. The van der Waals surface area contributed by atoms with E-state index < -0.39 is 30.4 Å². The second kappa shape index (κ2) is 9.09. The van der Waals surface area contributed by atoms with Gasteiger partial charge in [-0.05, 0) is 37.7 Å². The number of hydrogen-bond donors (Lipinski definition) is 3. The third kappa shape index (κ3) is 4.95. The fourth-order valence-electron chi connectivity index (χ4n) is 4.15. The number of nitrogens with zero attached hydrogens (tertiary/aromatic N) is 1. The van der Waals surface area contributed by atoms with Crippen LogP contribution in [0.2, 0.25) is 0 Å². The van der Waals surface area contributed by atoms with Crippen LogP contribution in [0.15, 0.2) is 42.5 Å². The molecule has 1 fully saturated rings. The van der Waals surface area contributed by atoms with Crippen LogP contribution in [0.25, 0.3) is 0 Å². The molecule has 3 rings (SSSR count). The molecule has 1 aromatic rings. The molecule has 1 amide bonds. The molecule has 5 atom stereocenters. The molecule has 29 heavy (non-hydrogen) atoms. The van der Waals surface area contributed by atoms with Crippen molar-refractivity contribution in [1.29, 1.82) is 0 Å². The standard InChI is InChI=1S/C21H26N2O6/c1-13(22-16(20(25)26)11-10-14-6-3-2-4-7-14)19(24)23-17-9-5-8-15(17)12-18(23)29-21(27)28/h2-7,9,13,15-18,22H,8,10-12H2,1H3,(H,25,26)(H,27,28)/t13-,15+,16-,17-,18-/m0/s1. The zero-order chi connectivity index (χ0) is 21.0. The van der Waals surface area contributed by atoms with Gasteiger partial charge < -0.3 is 14.9 Å². The van der Waals surface area contributed by atoms with Crippen LogP contribution < -0.4 is 5.32 Å². The summed E-state index contributed by atoms with van der Waals surface area (Å²) in [4.78, 5) is 37.2. The number of amides is 1. The Balaban J connectivity index is 1.65. The van der Waals surface area contributed by atoms with E-state index in [1.807, 2.05) is 42.5 Å². The third-order valence-corrected chi connectivity index (χ3v) is 5.57. The van der Waals surface area contributed by atoms with E-state index in [0.717, 1.165) is 12.0 Å². The fraction of sp³-hybridized carbons (Fsp3) is 0.476. The quantitative estimate of drug-likeness (QED) is 0.451. The van der Waals surface area contributed by atoms with Crippen molar-refractivity contribution >= 4 is 18.0 Å². The molecule has 8 heteroatoms. The summed E-state index contributed by atoms with van der Waals surface area (Å²) < 4.78 is 4.93. The summed E-state index contributed by atoms with van der Waals surface area (Å²) >= 11 is 0. The number of aliphatic carboxylic acids is 1. The molecule has 0 spiro atoms. The Kier molecular flexibility index (Phi) is 6.53. The Labute approximate surface area is 169 Å². The molecule has 0 bridgehead atoms. The topological polar surface area (TPSA) is 116 Å². The van der Waals surface area contributed by atoms with Gasteiger partial charge in [-0.1, -0.05) is 42.5 Å². The molecule has 0 unspecified atom stereocenters. The van der Waals surface area contributed by atoms with Gasteiger partial charge in [-0.2, -0.15) is 0 Å². The van der Waals surface area contributed by atoms with Crippen molar-refractivity contribution in [2.75, 3.05) is 0 Å². The molecule has 1 aromatic carbocycles. The van der Waals surface area contributed by atoms with E-state index in [4.69, 9.17) is 9.84 Å². The second-order valence-corrected chi connectivity index (χ2v) is 7.54. The minimum Gasteiger partial charge on any atom is -0.480 e. The summed E-state index contributed by atoms with van der Waals surface area (Å²) in [6.45, 7) is 1.60. The maximum atomic E-state index is 13.1. The van der Waals surface area contributed by atoms with Gasteiger partial charge in [-0.25, -0.2) is 4.79 Å². The van der Waals surface area contributed by atoms with Crippen molar-refractivity contribution in [3.63, 3.8) is 0 Å². The summed E-state index contributed by atoms with van der Waals surface area (Å²) in [5, 5.41) is 21.5. The molecule has 1 saturated heterocycles. The number of nitrogens with one attached hydrogen (secondary N) is 1. The number of aryl methyl sites for hydroxylation is 1. The van der Waals surface area contributed by atoms with Crippen molar-refractivity contribution in [3.05, 3.63) is 48.0 Å². The summed E-state index contributed by atoms with van der Waals surface area (Å²) in [5.41, 5.74) is 1.02. The van der Waals surface area contributed by atoms with E-state index in [1.54, 1.807) is 6.92 Å². The van der Waals surface area contributed by atoms with Gasteiger partial charge >= 0.3 is 12.1 Å². The number of hydrogen-bond acceptors (Lipinski definition) is 5. The van der Waals surface area contributed by atoms with E-state index in [2.05, 4.69) is 5.32 Å². The minimum absolute atomic E-state index is 0.129. The van der Waals surface area contributed by atoms with E-state index in [1.165, 1.54) is 4.90 Å². The maximum absolute atomic E-state index is 13.1. The van der Waals surface area contributed by atoms with Crippen LogP contribution in [0.5, 0.6) is 0 Å². The maximum Gasteiger partial charge on any atom is 0.507 e. The Morgan fingerprint density at radius 2 is 1.97 bits per heavy atom. The second-order valence-electron chi connectivity index (χ2n) is 7.54. The highest BCUT2D eigenvalue weighted by Gasteiger charge is 2.47. The SMILES string of the molecule is C[C@H](N[C@@H](CCc1ccccc1)C(=O)O)C(=O)N1[C@@H](OC(=O)O)C[C@H]2CC=C[C@@H]21. The zero-order valence-electron chi connectivity index (χ0n) is 16.2. The minimum atomic E-state index is -1.43. The number of likely N-dealkylation sites (tertiary alicyclic amines) is 1. The molecule has 0 saturated carbocycles. The van der Waals surface area contributed by atoms with E-state index in [9.17, 15) is 19.5 Å². The summed E-state index contributed by atoms with van der Waals surface area (Å²) in [6.07, 6.45) is 3.70. The summed E-state index contributed by atoms with van der Waals surface area (Å²) in [6, 6.07) is 7.64. The Morgan fingerprint density at radius 3 is 2.62 bits per heavy atom. The van der Waals surface area contributed by atoms with Crippen LogP contribution in [0.3, 0.4) is 0 Å². The number of carbonyl (C=O) groups excluding carboxylic acids is 1. The van der Waals surface area contributed by atoms with Gasteiger partial charge in [0.15, 0.2) is 6.23 Å². The first-order valence-electron chi connectivity index (χ1n) is 9.78. The molecule has 1 heterocycles. The molecule has 1 aliphatic heterocycles. The zero-order valence-corrected chi connectivity index (χ0v) is 16.2. The molecular formula is C21H26N2O6. The normalized spacial score (nSPS) is 24.7. The molecule has 2 aliphatic rings. The van der Waals surface area contributed by atoms with Crippen molar-refractivity contribution in [2.45, 2.75) is 57.0 Å². The van der Waals surface area contributed by atoms with Crippen molar-refractivity contribution in [1.82, 2.24) is 10.2 Å². The van der Waals surface area contributed by atoms with E-state index in [0.29, 0.717) is 19.3 Å². The number of carbonyl (C=O) groups is 3. The van der Waals surface area contributed by atoms with Gasteiger partial charge in [0.2, 0.25) is 5.91 Å². The third-order valence-electron chi connectivity index (χ3n) is 5.57. The van der Waals surface area contributed by atoms with Crippen LogP contribution in [0.4, 0.5) is 4.79 Å². The lowest BCUT2D eigenvalue weighted by molar-refractivity contribution is -0.144. The molecule has 8 nitrogen and oxygen atoms in total. The number of carboxylic acids is 1. The average molecular weight is 402 g/mol. The number of benzene rings is 1. The molecule has 1 aliphatic carbocycles. The van der Waals surface area contributed by atoms with Crippen LogP contribution in [0, 0.1) is 5.92 Å².